The van der Waals surface area contributed by atoms with Crippen LogP contribution in [-0.2, 0) is 11.2 Å². The van der Waals surface area contributed by atoms with E-state index in [1.54, 1.807) is 24.5 Å². The van der Waals surface area contributed by atoms with E-state index in [1.807, 2.05) is 29.2 Å². The molecule has 1 saturated heterocycles. The van der Waals surface area contributed by atoms with Gasteiger partial charge in [0.1, 0.15) is 5.52 Å². The number of hydrogen-bond acceptors (Lipinski definition) is 4. The van der Waals surface area contributed by atoms with Crippen molar-refractivity contribution in [3.63, 3.8) is 0 Å². The Balaban J connectivity index is 1.34. The third-order valence-electron chi connectivity index (χ3n) is 5.03. The van der Waals surface area contributed by atoms with Gasteiger partial charge in [0, 0.05) is 31.9 Å². The van der Waals surface area contributed by atoms with Gasteiger partial charge in [-0.05, 0) is 30.5 Å². The number of aryl methyl sites for hydroxylation is 1. The lowest BCUT2D eigenvalue weighted by Gasteiger charge is -2.17. The number of likely N-dealkylation sites (tertiary alicyclic amines) is 1. The summed E-state index contributed by atoms with van der Waals surface area (Å²) in [5, 5.41) is 2.99. The van der Waals surface area contributed by atoms with Crippen molar-refractivity contribution < 1.29 is 9.59 Å². The number of aromatic nitrogens is 2. The molecule has 6 nitrogen and oxygen atoms in total. The van der Waals surface area contributed by atoms with Gasteiger partial charge in [0.15, 0.2) is 0 Å². The predicted octanol–water partition coefficient (Wildman–Crippen LogP) is 2.59. The molecule has 2 heterocycles. The Hall–Kier alpha value is -3.28. The molecule has 2 aromatic carbocycles. The first kappa shape index (κ1) is 18.1. The van der Waals surface area contributed by atoms with Crippen molar-refractivity contribution in [2.45, 2.75) is 25.3 Å². The number of hydrogen-bond donors (Lipinski definition) is 1. The number of fused-ring (bicyclic) bond motifs is 1. The molecular formula is C22H22N4O2. The number of carbonyl (C=O) groups is 2. The number of nitrogens with one attached hydrogen (secondary N) is 1. The summed E-state index contributed by atoms with van der Waals surface area (Å²) in [6.07, 6.45) is 5.37. The first-order valence-corrected chi connectivity index (χ1v) is 9.53. The summed E-state index contributed by atoms with van der Waals surface area (Å²) >= 11 is 0. The molecule has 1 atom stereocenters. The summed E-state index contributed by atoms with van der Waals surface area (Å²) in [5.41, 5.74) is 3.02. The summed E-state index contributed by atoms with van der Waals surface area (Å²) in [6.45, 7) is 1.26. The number of benzene rings is 2. The second-order valence-electron chi connectivity index (χ2n) is 7.03. The standard InChI is InChI=1S/C22H22N4O2/c27-20-14-17(15-26(20)13-5-8-16-6-2-1-3-7-16)25-22(28)18-9-4-10-19-21(18)24-12-11-23-19/h1-4,6-7,9-12,17H,5,8,13-15H2,(H,25,28)/t17-/m1/s1. The van der Waals surface area contributed by atoms with Crippen LogP contribution in [0.2, 0.25) is 0 Å². The third-order valence-corrected chi connectivity index (χ3v) is 5.03. The summed E-state index contributed by atoms with van der Waals surface area (Å²) in [4.78, 5) is 35.4. The fraction of sp³-hybridized carbons (Fsp3) is 0.273. The number of carbonyl (C=O) groups excluding carboxylic acids is 2. The lowest BCUT2D eigenvalue weighted by atomic mass is 10.1. The van der Waals surface area contributed by atoms with E-state index in [9.17, 15) is 9.59 Å². The highest BCUT2D eigenvalue weighted by atomic mass is 16.2. The molecule has 1 aromatic heterocycles. The molecule has 1 N–H and O–H groups in total. The number of nitrogens with zero attached hydrogens (tertiary/aromatic N) is 3. The highest BCUT2D eigenvalue weighted by Gasteiger charge is 2.30. The molecule has 1 aliphatic heterocycles. The lowest BCUT2D eigenvalue weighted by Crippen LogP contribution is -2.37. The minimum atomic E-state index is -0.213. The molecule has 6 heteroatoms. The maximum absolute atomic E-state index is 12.7. The second kappa shape index (κ2) is 8.17. The average Bonchev–Trinajstić information content (AvgIpc) is 3.07. The van der Waals surface area contributed by atoms with E-state index in [0.717, 1.165) is 12.8 Å². The van der Waals surface area contributed by atoms with E-state index in [0.29, 0.717) is 36.1 Å². The highest BCUT2D eigenvalue weighted by Crippen LogP contribution is 2.17. The molecule has 3 aromatic rings. The zero-order valence-corrected chi connectivity index (χ0v) is 15.5. The Kier molecular flexibility index (Phi) is 5.28. The molecule has 0 spiro atoms. The van der Waals surface area contributed by atoms with Gasteiger partial charge in [-0.3, -0.25) is 19.6 Å². The van der Waals surface area contributed by atoms with Crippen LogP contribution in [0.15, 0.2) is 60.9 Å². The van der Waals surface area contributed by atoms with Crippen molar-refractivity contribution >= 4 is 22.8 Å². The smallest absolute Gasteiger partial charge is 0.253 e. The first-order chi connectivity index (χ1) is 13.7. The van der Waals surface area contributed by atoms with Crippen LogP contribution in [0.5, 0.6) is 0 Å². The Morgan fingerprint density at radius 2 is 1.89 bits per heavy atom. The summed E-state index contributed by atoms with van der Waals surface area (Å²) in [6, 6.07) is 15.4. The van der Waals surface area contributed by atoms with Crippen LogP contribution in [0.25, 0.3) is 11.0 Å². The van der Waals surface area contributed by atoms with Crippen LogP contribution in [0.3, 0.4) is 0 Å². The largest absolute Gasteiger partial charge is 0.347 e. The van der Waals surface area contributed by atoms with Crippen molar-refractivity contribution in [2.24, 2.45) is 0 Å². The minimum absolute atomic E-state index is 0.0936. The summed E-state index contributed by atoms with van der Waals surface area (Å²) in [5.74, 6) is -0.119. The third kappa shape index (κ3) is 4.01. The van der Waals surface area contributed by atoms with Crippen LogP contribution in [-0.4, -0.2) is 45.8 Å². The van der Waals surface area contributed by atoms with Crippen molar-refractivity contribution in [3.8, 4) is 0 Å². The normalized spacial score (nSPS) is 16.5. The van der Waals surface area contributed by atoms with Gasteiger partial charge in [0.05, 0.1) is 17.1 Å². The minimum Gasteiger partial charge on any atom is -0.347 e. The molecule has 28 heavy (non-hydrogen) atoms. The molecule has 4 rings (SSSR count). The zero-order chi connectivity index (χ0) is 19.3. The Bertz CT molecular complexity index is 985. The monoisotopic (exact) mass is 374 g/mol. The van der Waals surface area contributed by atoms with Gasteiger partial charge >= 0.3 is 0 Å². The van der Waals surface area contributed by atoms with Crippen LogP contribution in [0.1, 0.15) is 28.8 Å². The van der Waals surface area contributed by atoms with Gasteiger partial charge in [0.2, 0.25) is 5.91 Å². The average molecular weight is 374 g/mol. The number of amides is 2. The lowest BCUT2D eigenvalue weighted by molar-refractivity contribution is -0.127. The van der Waals surface area contributed by atoms with E-state index in [4.69, 9.17) is 0 Å². The maximum atomic E-state index is 12.7. The van der Waals surface area contributed by atoms with Crippen LogP contribution in [0, 0.1) is 0 Å². The molecule has 142 valence electrons. The first-order valence-electron chi connectivity index (χ1n) is 9.53. The molecule has 2 amide bonds. The van der Waals surface area contributed by atoms with Crippen molar-refractivity contribution in [1.82, 2.24) is 20.2 Å². The van der Waals surface area contributed by atoms with Crippen LogP contribution < -0.4 is 5.32 Å². The number of para-hydroxylation sites is 1. The summed E-state index contributed by atoms with van der Waals surface area (Å²) in [7, 11) is 0. The van der Waals surface area contributed by atoms with Crippen LogP contribution >= 0.6 is 0 Å². The topological polar surface area (TPSA) is 75.2 Å². The fourth-order valence-electron chi connectivity index (χ4n) is 3.64. The van der Waals surface area contributed by atoms with Crippen molar-refractivity contribution in [1.29, 1.82) is 0 Å². The van der Waals surface area contributed by atoms with Crippen molar-refractivity contribution in [2.75, 3.05) is 13.1 Å². The zero-order valence-electron chi connectivity index (χ0n) is 15.5. The highest BCUT2D eigenvalue weighted by molar-refractivity contribution is 6.04. The molecule has 0 saturated carbocycles. The quantitative estimate of drug-likeness (QED) is 0.720. The van der Waals surface area contributed by atoms with Gasteiger partial charge in [-0.25, -0.2) is 0 Å². The van der Waals surface area contributed by atoms with Gasteiger partial charge in [0.25, 0.3) is 5.91 Å². The van der Waals surface area contributed by atoms with E-state index in [1.165, 1.54) is 5.56 Å². The second-order valence-corrected chi connectivity index (χ2v) is 7.03. The van der Waals surface area contributed by atoms with Crippen LogP contribution in [0.4, 0.5) is 0 Å². The fourth-order valence-corrected chi connectivity index (χ4v) is 3.64. The van der Waals surface area contributed by atoms with Crippen molar-refractivity contribution in [3.05, 3.63) is 72.1 Å². The van der Waals surface area contributed by atoms with Gasteiger partial charge < -0.3 is 10.2 Å². The Morgan fingerprint density at radius 1 is 1.07 bits per heavy atom. The molecule has 0 unspecified atom stereocenters. The molecule has 0 bridgehead atoms. The molecule has 1 aliphatic rings. The summed E-state index contributed by atoms with van der Waals surface area (Å²) < 4.78 is 0. The maximum Gasteiger partial charge on any atom is 0.253 e. The van der Waals surface area contributed by atoms with E-state index in [2.05, 4.69) is 27.4 Å². The number of rotatable bonds is 6. The molecule has 0 aliphatic carbocycles. The predicted molar refractivity (Wildman–Crippen MR) is 107 cm³/mol. The van der Waals surface area contributed by atoms with E-state index in [-0.39, 0.29) is 17.9 Å². The van der Waals surface area contributed by atoms with Gasteiger partial charge in [-0.1, -0.05) is 36.4 Å². The van der Waals surface area contributed by atoms with E-state index >= 15 is 0 Å². The Morgan fingerprint density at radius 3 is 2.75 bits per heavy atom. The molecule has 1 fully saturated rings. The van der Waals surface area contributed by atoms with Gasteiger partial charge in [-0.15, -0.1) is 0 Å². The molecular weight excluding hydrogens is 352 g/mol. The Labute approximate surface area is 163 Å². The molecule has 0 radical (unpaired) electrons. The van der Waals surface area contributed by atoms with E-state index < -0.39 is 0 Å². The van der Waals surface area contributed by atoms with Gasteiger partial charge in [-0.2, -0.15) is 0 Å². The SMILES string of the molecule is O=C(N[C@@H]1CC(=O)N(CCCc2ccccc2)C1)c1cccc2nccnc12.